The minimum absolute atomic E-state index is 0.0162. The Morgan fingerprint density at radius 2 is 1.75 bits per heavy atom. The van der Waals surface area contributed by atoms with Crippen LogP contribution in [0.4, 0.5) is 0 Å². The maximum Gasteiger partial charge on any atom is 0.240 e. The number of carbonyl (C=O) groups is 3. The zero-order valence-electron chi connectivity index (χ0n) is 35.7. The van der Waals surface area contributed by atoms with Gasteiger partial charge in [-0.05, 0) is 88.6 Å². The molecule has 3 fully saturated rings. The minimum Gasteiger partial charge on any atom is -0.491 e. The van der Waals surface area contributed by atoms with Crippen LogP contribution >= 0.6 is 22.7 Å². The second-order valence-corrected chi connectivity index (χ2v) is 22.5. The van der Waals surface area contributed by atoms with Gasteiger partial charge in [0.2, 0.25) is 27.7 Å². The van der Waals surface area contributed by atoms with Crippen LogP contribution < -0.4 is 14.2 Å². The maximum atomic E-state index is 15.1. The second kappa shape index (κ2) is 16.2. The van der Waals surface area contributed by atoms with Crippen molar-refractivity contribution in [1.82, 2.24) is 24.6 Å². The predicted molar refractivity (Wildman–Crippen MR) is 239 cm³/mol. The van der Waals surface area contributed by atoms with Crippen LogP contribution in [-0.4, -0.2) is 75.9 Å². The third-order valence-electron chi connectivity index (χ3n) is 12.2. The van der Waals surface area contributed by atoms with Crippen LogP contribution in [-0.2, 0) is 30.8 Å². The number of hydrogen-bond donors (Lipinski definition) is 1. The van der Waals surface area contributed by atoms with E-state index in [1.807, 2.05) is 97.0 Å². The molecule has 1 N–H and O–H groups in total. The van der Waals surface area contributed by atoms with Gasteiger partial charge < -0.3 is 14.4 Å². The first kappa shape index (κ1) is 42.9. The first-order valence-corrected chi connectivity index (χ1v) is 24.1. The fourth-order valence-electron chi connectivity index (χ4n) is 8.39. The molecule has 0 radical (unpaired) electrons. The van der Waals surface area contributed by atoms with Crippen molar-refractivity contribution < 1.29 is 32.3 Å². The Morgan fingerprint density at radius 1 is 1.03 bits per heavy atom. The van der Waals surface area contributed by atoms with Gasteiger partial charge in [-0.3, -0.25) is 19.1 Å². The average molecular weight is 884 g/mol. The molecule has 2 saturated carbocycles. The number of fused-ring (bicyclic) bond motifs is 3. The molecular formula is C46H53N5O7S3. The molecule has 3 aromatic heterocycles. The van der Waals surface area contributed by atoms with Gasteiger partial charge in [-0.2, -0.15) is 4.98 Å². The Balaban J connectivity index is 1.15. The van der Waals surface area contributed by atoms with Crippen LogP contribution in [0.3, 0.4) is 0 Å². The molecule has 8 rings (SSSR count). The molecule has 5 atom stereocenters. The smallest absolute Gasteiger partial charge is 0.240 e. The lowest BCUT2D eigenvalue weighted by Gasteiger charge is -2.35. The number of carbonyl (C=O) groups excluding carboxylic acids is 3. The van der Waals surface area contributed by atoms with E-state index in [0.29, 0.717) is 37.4 Å². The standard InChI is InChI=1S/C46H53N5O7S3/c1-9-29-22-46(29,44(54)50-61(55,56)32-18-19-32)23-36(52)35-20-31(24-51(35)43(53)34(45(6,7)8)21-38-47-26(4)27(5)59-38)58-42-40-39(33-12-10-11-13-37(33)60-40)48-41(49-42)28-14-16-30(17-15-28)57-25(2)3/h9-17,25,29,31-32,34-35H,1,18-24H2,2-8H3,(H,50,54)/t29-,31-,34-,35+,46-/m1/s1. The average Bonchev–Trinajstić information content (AvgIpc) is 4.07. The molecule has 322 valence electrons. The molecule has 2 amide bonds. The molecular weight excluding hydrogens is 831 g/mol. The Kier molecular flexibility index (Phi) is 11.4. The summed E-state index contributed by atoms with van der Waals surface area (Å²) < 4.78 is 42.6. The van der Waals surface area contributed by atoms with Crippen LogP contribution in [0.5, 0.6) is 11.6 Å². The monoisotopic (exact) mass is 883 g/mol. The summed E-state index contributed by atoms with van der Waals surface area (Å²) in [5.74, 6) is -0.584. The molecule has 0 unspecified atom stereocenters. The first-order valence-electron chi connectivity index (χ1n) is 20.9. The van der Waals surface area contributed by atoms with Crippen molar-refractivity contribution in [2.45, 2.75) is 110 Å². The molecule has 12 nitrogen and oxygen atoms in total. The SMILES string of the molecule is C=C[C@@H]1C[C@]1(CC(=O)[C@@H]1C[C@@H](Oc2nc(-c3ccc(OC(C)C)cc3)nc3c2sc2ccccc23)CN1C(=O)[C@@H](Cc1nc(C)c(C)s1)C(C)(C)C)C(=O)NS(=O)(=O)C1CC1. The van der Waals surface area contributed by atoms with E-state index in [2.05, 4.69) is 11.3 Å². The molecule has 15 heteroatoms. The topological polar surface area (TPSA) is 158 Å². The third-order valence-corrected chi connectivity index (χ3v) is 16.3. The van der Waals surface area contributed by atoms with Gasteiger partial charge in [0.15, 0.2) is 11.6 Å². The number of allylic oxidation sites excluding steroid dienone is 1. The number of Topliss-reactive ketones (excluding diaryl/α,β-unsaturated/α-hetero) is 1. The van der Waals surface area contributed by atoms with Gasteiger partial charge in [-0.25, -0.2) is 18.4 Å². The Morgan fingerprint density at radius 3 is 2.38 bits per heavy atom. The van der Waals surface area contributed by atoms with Crippen LogP contribution in [0.15, 0.2) is 61.2 Å². The zero-order valence-corrected chi connectivity index (χ0v) is 38.1. The van der Waals surface area contributed by atoms with E-state index in [9.17, 15) is 18.0 Å². The van der Waals surface area contributed by atoms with Crippen molar-refractivity contribution >= 4 is 70.6 Å². The molecule has 1 saturated heterocycles. The molecule has 1 aliphatic heterocycles. The number of amides is 2. The van der Waals surface area contributed by atoms with E-state index in [1.54, 1.807) is 22.3 Å². The lowest BCUT2D eigenvalue weighted by Crippen LogP contribution is -2.48. The van der Waals surface area contributed by atoms with Crippen LogP contribution in [0, 0.1) is 36.5 Å². The fraction of sp³-hybridized carbons (Fsp3) is 0.478. The summed E-state index contributed by atoms with van der Waals surface area (Å²) in [5, 5.41) is 1.21. The summed E-state index contributed by atoms with van der Waals surface area (Å²) in [5.41, 5.74) is 0.660. The van der Waals surface area contributed by atoms with E-state index < -0.39 is 50.1 Å². The number of benzene rings is 2. The van der Waals surface area contributed by atoms with Gasteiger partial charge in [-0.15, -0.1) is 29.3 Å². The van der Waals surface area contributed by atoms with Gasteiger partial charge in [0.1, 0.15) is 16.6 Å². The summed E-state index contributed by atoms with van der Waals surface area (Å²) in [6.45, 7) is 18.0. The number of likely N-dealkylation sites (tertiary alicyclic amines) is 1. The highest BCUT2D eigenvalue weighted by atomic mass is 32.2. The molecule has 4 heterocycles. The molecule has 0 bridgehead atoms. The molecule has 0 spiro atoms. The molecule has 61 heavy (non-hydrogen) atoms. The number of hydrogen-bond acceptors (Lipinski definition) is 12. The van der Waals surface area contributed by atoms with Crippen molar-refractivity contribution in [3.8, 4) is 23.0 Å². The minimum atomic E-state index is -3.85. The summed E-state index contributed by atoms with van der Waals surface area (Å²) in [6, 6.07) is 14.7. The summed E-state index contributed by atoms with van der Waals surface area (Å²) in [7, 11) is -3.85. The number of aromatic nitrogens is 3. The van der Waals surface area contributed by atoms with Crippen molar-refractivity contribution in [3.63, 3.8) is 0 Å². The number of ether oxygens (including phenoxy) is 2. The largest absolute Gasteiger partial charge is 0.491 e. The van der Waals surface area contributed by atoms with Gasteiger partial charge in [0.25, 0.3) is 0 Å². The van der Waals surface area contributed by atoms with E-state index in [4.69, 9.17) is 24.4 Å². The first-order chi connectivity index (χ1) is 28.9. The van der Waals surface area contributed by atoms with Crippen molar-refractivity contribution in [1.29, 1.82) is 0 Å². The lowest BCUT2D eigenvalue weighted by molar-refractivity contribution is -0.144. The van der Waals surface area contributed by atoms with Gasteiger partial charge in [0.05, 0.1) is 45.6 Å². The number of thiophene rings is 1. The number of thiazole rings is 1. The zero-order chi connectivity index (χ0) is 43.6. The number of aryl methyl sites for hydroxylation is 2. The number of nitrogens with zero attached hydrogens (tertiary/aromatic N) is 4. The highest BCUT2D eigenvalue weighted by molar-refractivity contribution is 7.90. The van der Waals surface area contributed by atoms with Crippen molar-refractivity contribution in [3.05, 3.63) is 76.8 Å². The number of ketones is 1. The van der Waals surface area contributed by atoms with Gasteiger partial charge in [-0.1, -0.05) is 45.0 Å². The lowest BCUT2D eigenvalue weighted by atomic mass is 9.77. The van der Waals surface area contributed by atoms with E-state index >= 15 is 4.79 Å². The Hall–Kier alpha value is -4.73. The summed E-state index contributed by atoms with van der Waals surface area (Å²) in [6.07, 6.45) is 2.58. The van der Waals surface area contributed by atoms with E-state index in [1.165, 1.54) is 11.3 Å². The maximum absolute atomic E-state index is 15.1. The van der Waals surface area contributed by atoms with Gasteiger partial charge >= 0.3 is 0 Å². The Labute approximate surface area is 365 Å². The molecule has 3 aliphatic rings. The summed E-state index contributed by atoms with van der Waals surface area (Å²) >= 11 is 3.09. The quantitative estimate of drug-likeness (QED) is 0.101. The second-order valence-electron chi connectivity index (χ2n) is 18.2. The predicted octanol–water partition coefficient (Wildman–Crippen LogP) is 8.39. The van der Waals surface area contributed by atoms with Crippen LogP contribution in [0.2, 0.25) is 0 Å². The number of rotatable bonds is 15. The fourth-order valence-corrected chi connectivity index (χ4v) is 11.8. The van der Waals surface area contributed by atoms with E-state index in [0.717, 1.165) is 47.2 Å². The van der Waals surface area contributed by atoms with Gasteiger partial charge in [0, 0.05) is 45.7 Å². The summed E-state index contributed by atoms with van der Waals surface area (Å²) in [4.78, 5) is 61.1. The normalized spacial score (nSPS) is 22.1. The highest BCUT2D eigenvalue weighted by Gasteiger charge is 2.61. The van der Waals surface area contributed by atoms with Crippen LogP contribution in [0.1, 0.15) is 82.3 Å². The number of sulfonamides is 1. The third kappa shape index (κ3) is 8.70. The highest BCUT2D eigenvalue weighted by Crippen LogP contribution is 2.57. The van der Waals surface area contributed by atoms with Crippen molar-refractivity contribution in [2.75, 3.05) is 6.54 Å². The molecule has 2 aromatic carbocycles. The molecule has 5 aromatic rings. The number of nitrogens with one attached hydrogen (secondary N) is 1. The Bertz CT molecular complexity index is 2630. The van der Waals surface area contributed by atoms with Crippen molar-refractivity contribution in [2.24, 2.45) is 22.7 Å². The van der Waals surface area contributed by atoms with E-state index in [-0.39, 0.29) is 43.1 Å². The van der Waals surface area contributed by atoms with Crippen LogP contribution in [0.25, 0.3) is 31.7 Å². The molecule has 2 aliphatic carbocycles.